The predicted octanol–water partition coefficient (Wildman–Crippen LogP) is 3.51. The smallest absolute Gasteiger partial charge is 0.269 e. The Labute approximate surface area is 161 Å². The third kappa shape index (κ3) is 2.91. The number of nitrogens with two attached hydrogens (primary N) is 1. The first-order valence-corrected chi connectivity index (χ1v) is 8.87. The maximum Gasteiger partial charge on any atom is 0.269 e. The van der Waals surface area contributed by atoms with Crippen LogP contribution in [0.2, 0.25) is 0 Å². The molecule has 0 fully saturated rings. The van der Waals surface area contributed by atoms with Crippen molar-refractivity contribution in [3.05, 3.63) is 59.4 Å². The van der Waals surface area contributed by atoms with Gasteiger partial charge in [-0.1, -0.05) is 24.3 Å². The summed E-state index contributed by atoms with van der Waals surface area (Å²) in [6, 6.07) is 8.67. The molecule has 0 saturated heterocycles. The largest absolute Gasteiger partial charge is 0.505 e. The van der Waals surface area contributed by atoms with Crippen molar-refractivity contribution in [3.63, 3.8) is 0 Å². The van der Waals surface area contributed by atoms with Crippen molar-refractivity contribution >= 4 is 45.7 Å². The molecule has 10 heteroatoms. The van der Waals surface area contributed by atoms with Gasteiger partial charge in [-0.15, -0.1) is 21.6 Å². The van der Waals surface area contributed by atoms with Crippen LogP contribution >= 0.6 is 11.3 Å². The van der Waals surface area contributed by atoms with Gasteiger partial charge in [0, 0.05) is 17.0 Å². The van der Waals surface area contributed by atoms with E-state index in [1.54, 1.807) is 41.9 Å². The lowest BCUT2D eigenvalue weighted by atomic mass is 10.0. The Bertz CT molecular complexity index is 1230. The molecule has 1 amide bonds. The second-order valence-corrected chi connectivity index (χ2v) is 6.54. The quantitative estimate of drug-likeness (QED) is 0.396. The number of fused-ring (bicyclic) bond motifs is 1. The highest BCUT2D eigenvalue weighted by Gasteiger charge is 2.19. The van der Waals surface area contributed by atoms with Crippen LogP contribution in [0.4, 0.5) is 11.4 Å². The Kier molecular flexibility index (Phi) is 4.38. The van der Waals surface area contributed by atoms with E-state index in [0.29, 0.717) is 22.2 Å². The van der Waals surface area contributed by atoms with Crippen molar-refractivity contribution in [3.8, 4) is 10.9 Å². The summed E-state index contributed by atoms with van der Waals surface area (Å²) in [6.45, 7) is 0. The lowest BCUT2D eigenvalue weighted by Crippen LogP contribution is -2.16. The fourth-order valence-corrected chi connectivity index (χ4v) is 3.35. The van der Waals surface area contributed by atoms with Gasteiger partial charge >= 0.3 is 0 Å². The first kappa shape index (κ1) is 17.5. The van der Waals surface area contributed by atoms with Crippen LogP contribution in [0.3, 0.4) is 0 Å². The summed E-state index contributed by atoms with van der Waals surface area (Å²) in [6.07, 6.45) is 3.44. The van der Waals surface area contributed by atoms with Gasteiger partial charge in [-0.2, -0.15) is 9.78 Å². The van der Waals surface area contributed by atoms with Crippen molar-refractivity contribution in [2.24, 2.45) is 16.0 Å². The molecule has 4 rings (SSSR count). The summed E-state index contributed by atoms with van der Waals surface area (Å²) in [5, 5.41) is 26.1. The predicted molar refractivity (Wildman–Crippen MR) is 103 cm³/mol. The number of thiazole rings is 1. The molecule has 3 N–H and O–H groups in total. The Morgan fingerprint density at radius 3 is 2.82 bits per heavy atom. The van der Waals surface area contributed by atoms with Gasteiger partial charge in [0.25, 0.3) is 5.91 Å². The molecule has 2 aromatic heterocycles. The number of primary amides is 1. The van der Waals surface area contributed by atoms with Gasteiger partial charge in [-0.05, 0) is 11.5 Å². The maximum absolute atomic E-state index is 11.9. The minimum absolute atomic E-state index is 0.00837. The van der Waals surface area contributed by atoms with Crippen LogP contribution in [-0.4, -0.2) is 32.1 Å². The summed E-state index contributed by atoms with van der Waals surface area (Å²) in [7, 11) is 0. The van der Waals surface area contributed by atoms with Crippen LogP contribution in [0.1, 0.15) is 20.8 Å². The Morgan fingerprint density at radius 2 is 2.11 bits per heavy atom. The van der Waals surface area contributed by atoms with Crippen LogP contribution in [0.25, 0.3) is 15.9 Å². The van der Waals surface area contributed by atoms with Crippen molar-refractivity contribution in [2.45, 2.75) is 0 Å². The van der Waals surface area contributed by atoms with Gasteiger partial charge in [-0.3, -0.25) is 9.59 Å². The second-order valence-electron chi connectivity index (χ2n) is 5.67. The second kappa shape index (κ2) is 7.00. The number of hydrogen-bond acceptors (Lipinski definition) is 8. The number of rotatable bonds is 5. The molecule has 138 valence electrons. The van der Waals surface area contributed by atoms with Gasteiger partial charge in [0.1, 0.15) is 11.4 Å². The Hall–Kier alpha value is -3.92. The maximum atomic E-state index is 11.9. The van der Waals surface area contributed by atoms with Crippen LogP contribution < -0.4 is 5.73 Å². The van der Waals surface area contributed by atoms with Crippen LogP contribution in [-0.2, 0) is 0 Å². The molecule has 2 aromatic carbocycles. The number of hydrogen-bond donors (Lipinski definition) is 2. The molecule has 0 aliphatic heterocycles. The molecular weight excluding hydrogens is 380 g/mol. The number of benzene rings is 2. The van der Waals surface area contributed by atoms with E-state index >= 15 is 0 Å². The number of phenolic OH excluding ortho intramolecular Hbond substituents is 1. The zero-order valence-corrected chi connectivity index (χ0v) is 15.0. The van der Waals surface area contributed by atoms with Gasteiger partial charge < -0.3 is 10.8 Å². The molecule has 9 nitrogen and oxygen atoms in total. The summed E-state index contributed by atoms with van der Waals surface area (Å²) >= 11 is 1.28. The summed E-state index contributed by atoms with van der Waals surface area (Å²) in [5.41, 5.74) is 5.80. The SMILES string of the molecule is NC(=O)c1c(/N=N/c2c(O)c(C=O)cc3ccccc23)cnn1-c1nccs1. The number of nitrogens with zero attached hydrogens (tertiary/aromatic N) is 5. The molecule has 0 saturated carbocycles. The number of carbonyl (C=O) groups excluding carboxylic acids is 2. The van der Waals surface area contributed by atoms with E-state index in [-0.39, 0.29) is 28.4 Å². The number of azo groups is 1. The number of amides is 1. The van der Waals surface area contributed by atoms with Crippen molar-refractivity contribution < 1.29 is 14.7 Å². The number of carbonyl (C=O) groups is 2. The third-order valence-electron chi connectivity index (χ3n) is 3.99. The molecule has 0 radical (unpaired) electrons. The minimum atomic E-state index is -0.752. The zero-order valence-electron chi connectivity index (χ0n) is 14.2. The molecule has 4 aromatic rings. The molecule has 0 aliphatic carbocycles. The Morgan fingerprint density at radius 1 is 1.29 bits per heavy atom. The highest BCUT2D eigenvalue weighted by Crippen LogP contribution is 2.39. The molecule has 0 bridgehead atoms. The van der Waals surface area contributed by atoms with E-state index < -0.39 is 5.91 Å². The molecule has 0 spiro atoms. The third-order valence-corrected chi connectivity index (χ3v) is 4.74. The van der Waals surface area contributed by atoms with Crippen molar-refractivity contribution in [1.29, 1.82) is 0 Å². The Balaban J connectivity index is 1.86. The number of phenols is 1. The van der Waals surface area contributed by atoms with E-state index in [1.165, 1.54) is 22.2 Å². The van der Waals surface area contributed by atoms with E-state index in [0.717, 1.165) is 0 Å². The fraction of sp³-hybridized carbons (Fsp3) is 0. The lowest BCUT2D eigenvalue weighted by molar-refractivity contribution is 0.0993. The van der Waals surface area contributed by atoms with E-state index in [1.807, 2.05) is 0 Å². The summed E-state index contributed by atoms with van der Waals surface area (Å²) in [4.78, 5) is 27.3. The van der Waals surface area contributed by atoms with Crippen LogP contribution in [0.5, 0.6) is 5.75 Å². The first-order valence-electron chi connectivity index (χ1n) is 7.99. The van der Waals surface area contributed by atoms with E-state index in [2.05, 4.69) is 20.3 Å². The summed E-state index contributed by atoms with van der Waals surface area (Å²) in [5.74, 6) is -1.05. The average molecular weight is 392 g/mol. The number of aromatic hydroxyl groups is 1. The van der Waals surface area contributed by atoms with Gasteiger partial charge in [0.2, 0.25) is 5.13 Å². The molecule has 0 aliphatic rings. The first-order chi connectivity index (χ1) is 13.6. The van der Waals surface area contributed by atoms with Gasteiger partial charge in [0.05, 0.1) is 11.8 Å². The molecule has 2 heterocycles. The zero-order chi connectivity index (χ0) is 19.7. The standard InChI is InChI=1S/C18H12N6O3S/c19-17(27)15-13(8-21-24(15)18-20-5-6-28-18)22-23-14-12-4-2-1-3-10(12)7-11(9-25)16(14)26/h1-9,26H,(H2,19,27)/b23-22+. The molecular formula is C18H12N6O3S. The molecule has 28 heavy (non-hydrogen) atoms. The fourth-order valence-electron chi connectivity index (χ4n) is 2.74. The summed E-state index contributed by atoms with van der Waals surface area (Å²) < 4.78 is 1.28. The van der Waals surface area contributed by atoms with Crippen molar-refractivity contribution in [2.75, 3.05) is 0 Å². The molecule has 0 unspecified atom stereocenters. The average Bonchev–Trinajstić information content (AvgIpc) is 3.36. The van der Waals surface area contributed by atoms with E-state index in [9.17, 15) is 14.7 Å². The van der Waals surface area contributed by atoms with Crippen LogP contribution in [0, 0.1) is 0 Å². The molecule has 0 atom stereocenters. The van der Waals surface area contributed by atoms with E-state index in [4.69, 9.17) is 5.73 Å². The highest BCUT2D eigenvalue weighted by molar-refractivity contribution is 7.12. The van der Waals surface area contributed by atoms with Gasteiger partial charge in [-0.25, -0.2) is 4.98 Å². The lowest BCUT2D eigenvalue weighted by Gasteiger charge is -2.06. The minimum Gasteiger partial charge on any atom is -0.505 e. The van der Waals surface area contributed by atoms with Crippen LogP contribution in [0.15, 0.2) is 58.3 Å². The number of aromatic nitrogens is 3. The number of aldehydes is 1. The highest BCUT2D eigenvalue weighted by atomic mass is 32.1. The monoisotopic (exact) mass is 392 g/mol. The topological polar surface area (TPSA) is 136 Å². The van der Waals surface area contributed by atoms with Gasteiger partial charge in [0.15, 0.2) is 17.7 Å². The van der Waals surface area contributed by atoms with Crippen molar-refractivity contribution in [1.82, 2.24) is 14.8 Å². The normalized spacial score (nSPS) is 11.3.